The molecule has 0 aliphatic carbocycles. The van der Waals surface area contributed by atoms with Crippen LogP contribution in [-0.2, 0) is 32.7 Å². The summed E-state index contributed by atoms with van der Waals surface area (Å²) in [6.07, 6.45) is 0. The molecule has 0 aliphatic heterocycles. The van der Waals surface area contributed by atoms with Crippen LogP contribution in [0.4, 0.5) is 0 Å². The SMILES string of the molecule is CC(C)C([N-]C([N-]Cc1ccccc1)PP)C(C)C.[CH2-]c1ccccc1.[CH2-]c1ccccc1.[CH2-]c1ccccc1.[Zr]. The van der Waals surface area contributed by atoms with E-state index in [0.717, 1.165) is 23.2 Å². The normalized spacial score (nSPS) is 10.9. The molecular weight excluding hydrogens is 614 g/mol. The molecule has 5 heteroatoms. The second-order valence-corrected chi connectivity index (χ2v) is 11.8. The maximum atomic E-state index is 4.93. The summed E-state index contributed by atoms with van der Waals surface area (Å²) >= 11 is 0. The number of nitrogens with zero attached hydrogens (tertiary/aromatic N) is 2. The molecule has 41 heavy (non-hydrogen) atoms. The molecule has 0 saturated carbocycles. The van der Waals surface area contributed by atoms with Crippen LogP contribution in [-0.4, -0.2) is 11.9 Å². The number of rotatable bonds is 8. The Morgan fingerprint density at radius 1 is 0.585 bits per heavy atom. The van der Waals surface area contributed by atoms with E-state index in [1.807, 2.05) is 97.1 Å². The van der Waals surface area contributed by atoms with Crippen LogP contribution in [0.3, 0.4) is 0 Å². The molecule has 0 N–H and O–H groups in total. The molecule has 4 aromatic rings. The summed E-state index contributed by atoms with van der Waals surface area (Å²) < 4.78 is 0. The predicted molar refractivity (Wildman–Crippen MR) is 185 cm³/mol. The van der Waals surface area contributed by atoms with Crippen LogP contribution in [0.15, 0.2) is 121 Å². The van der Waals surface area contributed by atoms with Crippen LogP contribution < -0.4 is 0 Å². The van der Waals surface area contributed by atoms with Gasteiger partial charge in [0, 0.05) is 26.2 Å². The van der Waals surface area contributed by atoms with Crippen molar-refractivity contribution in [3.63, 3.8) is 0 Å². The van der Waals surface area contributed by atoms with E-state index in [-0.39, 0.29) is 32.1 Å². The second kappa shape index (κ2) is 24.7. The van der Waals surface area contributed by atoms with Crippen molar-refractivity contribution in [2.75, 3.05) is 0 Å². The van der Waals surface area contributed by atoms with Crippen LogP contribution in [0.1, 0.15) is 49.9 Å². The van der Waals surface area contributed by atoms with Crippen molar-refractivity contribution in [3.8, 4) is 0 Å². The van der Waals surface area contributed by atoms with Crippen molar-refractivity contribution in [2.45, 2.75) is 46.2 Å². The smallest absolute Gasteiger partial charge is 0 e. The molecule has 0 heterocycles. The molecule has 0 bridgehead atoms. The number of hydrogen-bond donors (Lipinski definition) is 0. The minimum Gasteiger partial charge on any atom is -0.671 e. The van der Waals surface area contributed by atoms with Gasteiger partial charge < -0.3 is 10.6 Å². The summed E-state index contributed by atoms with van der Waals surface area (Å²) in [5, 5.41) is 9.68. The Morgan fingerprint density at radius 2 is 0.902 bits per heavy atom. The molecule has 4 aromatic carbocycles. The van der Waals surface area contributed by atoms with Crippen LogP contribution in [0.25, 0.3) is 10.6 Å². The van der Waals surface area contributed by atoms with Crippen molar-refractivity contribution in [3.05, 3.63) is 175 Å². The molecule has 220 valence electrons. The number of hydrogen-bond acceptors (Lipinski definition) is 0. The van der Waals surface area contributed by atoms with Gasteiger partial charge in [-0.2, -0.15) is 73.9 Å². The van der Waals surface area contributed by atoms with Gasteiger partial charge in [0.15, 0.2) is 0 Å². The molecule has 0 aliphatic rings. The van der Waals surface area contributed by atoms with E-state index in [9.17, 15) is 0 Å². The third kappa shape index (κ3) is 20.6. The predicted octanol–water partition coefficient (Wildman–Crippen LogP) is 11.0. The van der Waals surface area contributed by atoms with Gasteiger partial charge in [-0.25, -0.2) is 5.91 Å². The van der Waals surface area contributed by atoms with Gasteiger partial charge in [-0.1, -0.05) is 93.6 Å². The molecule has 3 unspecified atom stereocenters. The van der Waals surface area contributed by atoms with Gasteiger partial charge in [0.1, 0.15) is 0 Å². The van der Waals surface area contributed by atoms with Gasteiger partial charge in [0.2, 0.25) is 0 Å². The first-order valence-corrected chi connectivity index (χ1v) is 16.6. The summed E-state index contributed by atoms with van der Waals surface area (Å²) in [5.41, 5.74) is 4.48. The molecular formula is C36H47N2P2Zr-5. The summed E-state index contributed by atoms with van der Waals surface area (Å²) in [6.45, 7) is 20.9. The summed E-state index contributed by atoms with van der Waals surface area (Å²) in [4.78, 5) is 0. The molecule has 0 aromatic heterocycles. The van der Waals surface area contributed by atoms with Gasteiger partial charge in [-0.3, -0.25) is 0 Å². The van der Waals surface area contributed by atoms with E-state index in [4.69, 9.17) is 10.6 Å². The van der Waals surface area contributed by atoms with E-state index < -0.39 is 0 Å². The fourth-order valence-electron chi connectivity index (χ4n) is 3.63. The van der Waals surface area contributed by atoms with E-state index in [0.29, 0.717) is 26.1 Å². The molecule has 0 radical (unpaired) electrons. The monoisotopic (exact) mass is 659 g/mol. The van der Waals surface area contributed by atoms with Gasteiger partial charge in [-0.05, 0) is 0 Å². The quantitative estimate of drug-likeness (QED) is 0.133. The van der Waals surface area contributed by atoms with Crippen molar-refractivity contribution in [1.82, 2.24) is 0 Å². The topological polar surface area (TPSA) is 28.2 Å². The Bertz CT molecular complexity index is 998. The average Bonchev–Trinajstić information content (AvgIpc) is 2.96. The third-order valence-electron chi connectivity index (χ3n) is 5.65. The average molecular weight is 661 g/mol. The second-order valence-electron chi connectivity index (χ2n) is 9.95. The molecule has 0 spiro atoms. The standard InChI is InChI=1S/C15H26N2P2.3C7H7.Zr/c1-11(2)14(12(3)4)17-15(19-18)16-10-13-8-6-5-7-9-13;3*1-7-5-3-2-4-6-7;/h5-9,11-12,14-15,19H,10,18H2,1-4H3;3*2-6H,1H2;/q-2;3*-1;. The molecule has 0 fully saturated rings. The molecule has 2 nitrogen and oxygen atoms in total. The summed E-state index contributed by atoms with van der Waals surface area (Å²) in [5.74, 6) is 1.28. The first kappa shape index (κ1) is 39.2. The van der Waals surface area contributed by atoms with Crippen LogP contribution >= 0.6 is 17.2 Å². The van der Waals surface area contributed by atoms with Crippen molar-refractivity contribution >= 4 is 17.2 Å². The summed E-state index contributed by atoms with van der Waals surface area (Å²) in [6, 6.07) is 40.4. The van der Waals surface area contributed by atoms with E-state index in [1.165, 1.54) is 5.56 Å². The minimum absolute atomic E-state index is 0. The first-order chi connectivity index (χ1) is 19.2. The Morgan fingerprint density at radius 3 is 1.15 bits per heavy atom. The zero-order valence-corrected chi connectivity index (χ0v) is 29.8. The zero-order valence-electron chi connectivity index (χ0n) is 25.2. The Hall–Kier alpha value is -1.85. The molecule has 4 rings (SSSR count). The van der Waals surface area contributed by atoms with Crippen molar-refractivity contribution in [1.29, 1.82) is 0 Å². The van der Waals surface area contributed by atoms with Crippen LogP contribution in [0.5, 0.6) is 0 Å². The third-order valence-corrected chi connectivity index (χ3v) is 7.17. The maximum absolute atomic E-state index is 4.93. The minimum atomic E-state index is 0. The largest absolute Gasteiger partial charge is 0.671 e. The van der Waals surface area contributed by atoms with E-state index >= 15 is 0 Å². The van der Waals surface area contributed by atoms with Gasteiger partial charge in [-0.15, -0.1) is 66.2 Å². The fraction of sp³-hybridized carbons (Fsp3) is 0.250. The van der Waals surface area contributed by atoms with E-state index in [2.05, 4.69) is 81.7 Å². The van der Waals surface area contributed by atoms with Gasteiger partial charge >= 0.3 is 0 Å². The van der Waals surface area contributed by atoms with Gasteiger partial charge in [0.25, 0.3) is 0 Å². The molecule has 0 saturated heterocycles. The van der Waals surface area contributed by atoms with Crippen molar-refractivity contribution < 1.29 is 26.2 Å². The van der Waals surface area contributed by atoms with Crippen LogP contribution in [0, 0.1) is 32.6 Å². The van der Waals surface area contributed by atoms with Gasteiger partial charge in [0.05, 0.1) is 0 Å². The zero-order chi connectivity index (χ0) is 29.6. The Labute approximate surface area is 274 Å². The van der Waals surface area contributed by atoms with Crippen LogP contribution in [0.2, 0.25) is 0 Å². The number of benzene rings is 4. The fourth-order valence-corrected chi connectivity index (χ4v) is 4.66. The molecule has 3 atom stereocenters. The van der Waals surface area contributed by atoms with Crippen molar-refractivity contribution in [2.24, 2.45) is 11.8 Å². The Kier molecular flexibility index (Phi) is 23.6. The summed E-state index contributed by atoms with van der Waals surface area (Å²) in [7, 11) is 3.46. The Balaban J connectivity index is 0.000000593. The maximum Gasteiger partial charge on any atom is 0 e. The first-order valence-electron chi connectivity index (χ1n) is 13.7. The molecule has 0 amide bonds. The van der Waals surface area contributed by atoms with E-state index in [1.54, 1.807) is 0 Å².